The molecule has 0 aliphatic rings. The molecule has 0 aromatic heterocycles. The molecule has 1 unspecified atom stereocenters. The number of hydrazine groups is 2. The Morgan fingerprint density at radius 1 is 1.24 bits per heavy atom. The van der Waals surface area contributed by atoms with Crippen molar-refractivity contribution in [3.63, 3.8) is 0 Å². The monoisotopic (exact) mass is 248 g/mol. The van der Waals surface area contributed by atoms with Gasteiger partial charge in [0.05, 0.1) is 18.8 Å². The predicted molar refractivity (Wildman–Crippen MR) is 59.9 cm³/mol. The quantitative estimate of drug-likeness (QED) is 0.149. The largest absolute Gasteiger partial charge is 0.391 e. The van der Waals surface area contributed by atoms with Gasteiger partial charge in [-0.2, -0.15) is 0 Å². The van der Waals surface area contributed by atoms with E-state index in [4.69, 9.17) is 16.4 Å². The van der Waals surface area contributed by atoms with Crippen molar-refractivity contribution in [2.45, 2.75) is 32.5 Å². The number of rotatable bonds is 7. The number of hydrogen-bond donors (Lipinski definition) is 5. The Bertz CT molecular complexity index is 243. The van der Waals surface area contributed by atoms with E-state index >= 15 is 0 Å². The number of carbonyl (C=O) groups excluding carboxylic acids is 2. The van der Waals surface area contributed by atoms with E-state index in [1.807, 2.05) is 24.7 Å². The molecular weight excluding hydrogens is 228 g/mol. The van der Waals surface area contributed by atoms with Crippen molar-refractivity contribution in [3.8, 4) is 0 Å². The Kier molecular flexibility index (Phi) is 7.39. The third kappa shape index (κ3) is 6.17. The van der Waals surface area contributed by atoms with Crippen LogP contribution < -0.4 is 22.5 Å². The van der Waals surface area contributed by atoms with E-state index in [-0.39, 0.29) is 19.1 Å². The zero-order valence-electron chi connectivity index (χ0n) is 9.97. The van der Waals surface area contributed by atoms with Gasteiger partial charge in [0, 0.05) is 0 Å². The van der Waals surface area contributed by atoms with Crippen LogP contribution in [0.25, 0.3) is 0 Å². The lowest BCUT2D eigenvalue weighted by molar-refractivity contribution is -0.137. The number of carbonyl (C=O) groups is 2. The van der Waals surface area contributed by atoms with Gasteiger partial charge >= 0.3 is 0 Å². The highest BCUT2D eigenvalue weighted by Crippen LogP contribution is 2.08. The second-order valence-corrected chi connectivity index (χ2v) is 3.84. The molecule has 0 saturated carbocycles. The Hall–Kier alpha value is -1.22. The van der Waals surface area contributed by atoms with Crippen LogP contribution >= 0.6 is 0 Å². The van der Waals surface area contributed by atoms with Crippen LogP contribution in [0.1, 0.15) is 20.3 Å². The van der Waals surface area contributed by atoms with Crippen molar-refractivity contribution in [2.24, 2.45) is 17.6 Å². The first-order valence-corrected chi connectivity index (χ1v) is 5.22. The lowest BCUT2D eigenvalue weighted by atomic mass is 10.0. The number of nitrogens with two attached hydrogens (primary N) is 2. The molecule has 0 rings (SSSR count). The first-order valence-electron chi connectivity index (χ1n) is 5.22. The van der Waals surface area contributed by atoms with Crippen molar-refractivity contribution < 1.29 is 19.4 Å². The molecule has 8 heteroatoms. The molecule has 8 nitrogen and oxygen atoms in total. The van der Waals surface area contributed by atoms with Gasteiger partial charge in [-0.15, -0.1) is 0 Å². The number of aliphatic hydroxyl groups is 1. The lowest BCUT2D eigenvalue weighted by Gasteiger charge is -2.18. The molecule has 17 heavy (non-hydrogen) atoms. The van der Waals surface area contributed by atoms with Crippen LogP contribution in [0.3, 0.4) is 0 Å². The van der Waals surface area contributed by atoms with Crippen LogP contribution in [-0.4, -0.2) is 35.7 Å². The van der Waals surface area contributed by atoms with E-state index in [1.54, 1.807) is 0 Å². The number of ether oxygens (including phenoxy) is 1. The van der Waals surface area contributed by atoms with E-state index < -0.39 is 23.8 Å². The molecule has 0 spiro atoms. The van der Waals surface area contributed by atoms with Crippen molar-refractivity contribution in [1.82, 2.24) is 10.9 Å². The topological polar surface area (TPSA) is 140 Å². The Morgan fingerprint density at radius 2 is 1.71 bits per heavy atom. The van der Waals surface area contributed by atoms with Gasteiger partial charge in [-0.3, -0.25) is 20.4 Å². The smallest absolute Gasteiger partial charge is 0.246 e. The average Bonchev–Trinajstić information content (AvgIpc) is 2.31. The number of hydrogen-bond acceptors (Lipinski definition) is 6. The first-order chi connectivity index (χ1) is 7.92. The van der Waals surface area contributed by atoms with Gasteiger partial charge < -0.3 is 9.84 Å². The SMILES string of the molecule is CC(C)OCC(O)CC(C(=O)NN)C(=O)NN. The van der Waals surface area contributed by atoms with E-state index in [2.05, 4.69) is 0 Å². The standard InChI is InChI=1S/C9H20N4O4/c1-5(2)17-4-6(14)3-7(8(15)12-10)9(16)13-11/h5-7,14H,3-4,10-11H2,1-2H3,(H,12,15)(H,13,16). The van der Waals surface area contributed by atoms with Gasteiger partial charge in [-0.25, -0.2) is 11.7 Å². The minimum Gasteiger partial charge on any atom is -0.391 e. The second-order valence-electron chi connectivity index (χ2n) is 3.84. The highest BCUT2D eigenvalue weighted by Gasteiger charge is 2.28. The third-order valence-corrected chi connectivity index (χ3v) is 2.05. The Balaban J connectivity index is 4.33. The van der Waals surface area contributed by atoms with Crippen LogP contribution in [0.4, 0.5) is 0 Å². The summed E-state index contributed by atoms with van der Waals surface area (Å²) in [5.74, 6) is 7.29. The normalized spacial score (nSPS) is 12.6. The van der Waals surface area contributed by atoms with E-state index in [0.29, 0.717) is 0 Å². The van der Waals surface area contributed by atoms with Crippen LogP contribution in [-0.2, 0) is 14.3 Å². The third-order valence-electron chi connectivity index (χ3n) is 2.05. The molecule has 100 valence electrons. The Morgan fingerprint density at radius 3 is 2.06 bits per heavy atom. The lowest BCUT2D eigenvalue weighted by Crippen LogP contribution is -2.47. The summed E-state index contributed by atoms with van der Waals surface area (Å²) in [6.45, 7) is 3.65. The average molecular weight is 248 g/mol. The summed E-state index contributed by atoms with van der Waals surface area (Å²) in [6.07, 6.45) is -1.11. The molecular formula is C9H20N4O4. The van der Waals surface area contributed by atoms with Crippen LogP contribution in [0, 0.1) is 5.92 Å². The molecule has 0 fully saturated rings. The summed E-state index contributed by atoms with van der Waals surface area (Å²) in [5, 5.41) is 9.59. The summed E-state index contributed by atoms with van der Waals surface area (Å²) >= 11 is 0. The zero-order valence-corrected chi connectivity index (χ0v) is 9.97. The molecule has 0 saturated heterocycles. The van der Waals surface area contributed by atoms with Crippen molar-refractivity contribution in [1.29, 1.82) is 0 Å². The van der Waals surface area contributed by atoms with Gasteiger partial charge in [0.1, 0.15) is 5.92 Å². The fourth-order valence-corrected chi connectivity index (χ4v) is 1.18. The zero-order chi connectivity index (χ0) is 13.4. The first kappa shape index (κ1) is 15.8. The molecule has 0 bridgehead atoms. The maximum absolute atomic E-state index is 11.3. The molecule has 1 atom stereocenters. The minimum absolute atomic E-state index is 0.0316. The van der Waals surface area contributed by atoms with Crippen LogP contribution in [0.2, 0.25) is 0 Å². The maximum atomic E-state index is 11.3. The van der Waals surface area contributed by atoms with E-state index in [9.17, 15) is 14.7 Å². The van der Waals surface area contributed by atoms with Gasteiger partial charge in [0.2, 0.25) is 11.8 Å². The van der Waals surface area contributed by atoms with E-state index in [0.717, 1.165) is 0 Å². The molecule has 0 heterocycles. The maximum Gasteiger partial charge on any atom is 0.246 e. The minimum atomic E-state index is -1.14. The number of amides is 2. The van der Waals surface area contributed by atoms with Gasteiger partial charge in [-0.05, 0) is 20.3 Å². The van der Waals surface area contributed by atoms with Crippen LogP contribution in [0.5, 0.6) is 0 Å². The van der Waals surface area contributed by atoms with Gasteiger partial charge in [0.25, 0.3) is 0 Å². The van der Waals surface area contributed by atoms with Crippen LogP contribution in [0.15, 0.2) is 0 Å². The highest BCUT2D eigenvalue weighted by atomic mass is 16.5. The van der Waals surface area contributed by atoms with E-state index in [1.165, 1.54) is 0 Å². The van der Waals surface area contributed by atoms with Gasteiger partial charge in [0.15, 0.2) is 0 Å². The van der Waals surface area contributed by atoms with Crippen molar-refractivity contribution in [3.05, 3.63) is 0 Å². The fourth-order valence-electron chi connectivity index (χ4n) is 1.18. The molecule has 0 aliphatic heterocycles. The molecule has 7 N–H and O–H groups in total. The fraction of sp³-hybridized carbons (Fsp3) is 0.778. The number of aliphatic hydroxyl groups excluding tert-OH is 1. The predicted octanol–water partition coefficient (Wildman–Crippen LogP) is -2.24. The summed E-state index contributed by atoms with van der Waals surface area (Å²) in [5.41, 5.74) is 3.69. The van der Waals surface area contributed by atoms with Gasteiger partial charge in [-0.1, -0.05) is 0 Å². The summed E-state index contributed by atoms with van der Waals surface area (Å²) in [7, 11) is 0. The second kappa shape index (κ2) is 7.96. The molecule has 0 aliphatic carbocycles. The highest BCUT2D eigenvalue weighted by molar-refractivity contribution is 5.99. The molecule has 0 aromatic carbocycles. The van der Waals surface area contributed by atoms with Crippen molar-refractivity contribution in [2.75, 3.05) is 6.61 Å². The number of nitrogens with one attached hydrogen (secondary N) is 2. The summed E-state index contributed by atoms with van der Waals surface area (Å²) in [4.78, 5) is 22.6. The Labute approximate surface area is 99.6 Å². The van der Waals surface area contributed by atoms with Crippen molar-refractivity contribution >= 4 is 11.8 Å². The summed E-state index contributed by atoms with van der Waals surface area (Å²) < 4.78 is 5.16. The molecule has 0 aromatic rings. The molecule has 0 radical (unpaired) electrons. The molecule has 2 amide bonds. The summed E-state index contributed by atoms with van der Waals surface area (Å²) in [6, 6.07) is 0.